The molecule has 0 aliphatic carbocycles. The van der Waals surface area contributed by atoms with Gasteiger partial charge in [0.25, 0.3) is 5.56 Å². The van der Waals surface area contributed by atoms with Crippen LogP contribution in [0.1, 0.15) is 19.8 Å². The molecule has 3 N–H and O–H groups in total. The molecule has 3 aromatic rings. The number of anilines is 2. The fraction of sp³-hybridized carbons (Fsp3) is 0.174. The Hall–Kier alpha value is -3.58. The molecule has 0 aliphatic heterocycles. The molecule has 0 saturated carbocycles. The first-order valence-electron chi connectivity index (χ1n) is 9.88. The molecular weight excluding hydrogens is 416 g/mol. The van der Waals surface area contributed by atoms with Crippen LogP contribution >= 0.6 is 11.6 Å². The molecule has 160 valence electrons. The number of aromatic nitrogens is 1. The van der Waals surface area contributed by atoms with Crippen LogP contribution in [0.25, 0.3) is 5.69 Å². The zero-order valence-corrected chi connectivity index (χ0v) is 17.7. The Labute approximate surface area is 185 Å². The summed E-state index contributed by atoms with van der Waals surface area (Å²) in [6.07, 6.45) is 2.88. The molecule has 0 radical (unpaired) electrons. The molecule has 2 aromatic carbocycles. The van der Waals surface area contributed by atoms with Crippen LogP contribution < -0.4 is 21.5 Å². The maximum Gasteiger partial charge on any atom is 0.319 e. The van der Waals surface area contributed by atoms with Crippen molar-refractivity contribution < 1.29 is 9.59 Å². The molecule has 1 unspecified atom stereocenters. The van der Waals surface area contributed by atoms with E-state index in [1.54, 1.807) is 66.9 Å². The zero-order chi connectivity index (χ0) is 22.2. The molecule has 0 aliphatic rings. The van der Waals surface area contributed by atoms with E-state index in [-0.39, 0.29) is 11.5 Å². The van der Waals surface area contributed by atoms with Gasteiger partial charge in [-0.2, -0.15) is 0 Å². The normalized spacial score (nSPS) is 11.4. The van der Waals surface area contributed by atoms with Gasteiger partial charge in [-0.25, -0.2) is 4.79 Å². The van der Waals surface area contributed by atoms with Gasteiger partial charge in [0.15, 0.2) is 0 Å². The lowest BCUT2D eigenvalue weighted by Crippen LogP contribution is -2.45. The highest BCUT2D eigenvalue weighted by atomic mass is 35.5. The number of benzene rings is 2. The van der Waals surface area contributed by atoms with Gasteiger partial charge in [-0.1, -0.05) is 31.0 Å². The van der Waals surface area contributed by atoms with Crippen molar-refractivity contribution in [3.05, 3.63) is 88.3 Å². The first-order valence-corrected chi connectivity index (χ1v) is 10.3. The van der Waals surface area contributed by atoms with Crippen LogP contribution in [0.4, 0.5) is 16.2 Å². The Balaban J connectivity index is 1.63. The predicted molar refractivity (Wildman–Crippen MR) is 123 cm³/mol. The number of hydrogen-bond donors (Lipinski definition) is 3. The number of nitrogens with zero attached hydrogens (tertiary/aromatic N) is 1. The summed E-state index contributed by atoms with van der Waals surface area (Å²) in [5.74, 6) is -0.322. The van der Waals surface area contributed by atoms with Gasteiger partial charge in [0, 0.05) is 34.3 Å². The second-order valence-corrected chi connectivity index (χ2v) is 7.33. The van der Waals surface area contributed by atoms with Crippen LogP contribution in [-0.2, 0) is 4.79 Å². The van der Waals surface area contributed by atoms with Crippen molar-refractivity contribution in [3.8, 4) is 5.69 Å². The predicted octanol–water partition coefficient (Wildman–Crippen LogP) is 4.42. The van der Waals surface area contributed by atoms with Gasteiger partial charge in [-0.15, -0.1) is 0 Å². The van der Waals surface area contributed by atoms with E-state index in [9.17, 15) is 14.4 Å². The number of pyridine rings is 1. The fourth-order valence-electron chi connectivity index (χ4n) is 2.99. The maximum absolute atomic E-state index is 12.7. The molecule has 0 fully saturated rings. The average Bonchev–Trinajstić information content (AvgIpc) is 2.76. The second kappa shape index (κ2) is 10.4. The Kier molecular flexibility index (Phi) is 7.45. The molecule has 31 heavy (non-hydrogen) atoms. The monoisotopic (exact) mass is 438 g/mol. The van der Waals surface area contributed by atoms with Gasteiger partial charge in [0.2, 0.25) is 5.91 Å². The Morgan fingerprint density at radius 2 is 1.58 bits per heavy atom. The third-order valence-corrected chi connectivity index (χ3v) is 4.79. The smallest absolute Gasteiger partial charge is 0.319 e. The van der Waals surface area contributed by atoms with Crippen molar-refractivity contribution in [3.63, 3.8) is 0 Å². The summed E-state index contributed by atoms with van der Waals surface area (Å²) in [4.78, 5) is 37.0. The highest BCUT2D eigenvalue weighted by Gasteiger charge is 2.20. The van der Waals surface area contributed by atoms with Gasteiger partial charge in [-0.3, -0.25) is 14.2 Å². The van der Waals surface area contributed by atoms with E-state index in [1.165, 1.54) is 10.6 Å². The van der Waals surface area contributed by atoms with Crippen molar-refractivity contribution in [2.75, 3.05) is 10.6 Å². The summed E-state index contributed by atoms with van der Waals surface area (Å²) in [5.41, 5.74) is 1.69. The van der Waals surface area contributed by atoms with Crippen molar-refractivity contribution >= 4 is 34.9 Å². The van der Waals surface area contributed by atoms with Gasteiger partial charge in [0.05, 0.1) is 0 Å². The summed E-state index contributed by atoms with van der Waals surface area (Å²) in [7, 11) is 0. The quantitative estimate of drug-likeness (QED) is 0.509. The van der Waals surface area contributed by atoms with Crippen LogP contribution in [0, 0.1) is 0 Å². The minimum Gasteiger partial charge on any atom is -0.326 e. The third-order valence-electron chi connectivity index (χ3n) is 4.54. The minimum absolute atomic E-state index is 0.141. The first kappa shape index (κ1) is 22.1. The maximum atomic E-state index is 12.7. The molecule has 1 atom stereocenters. The summed E-state index contributed by atoms with van der Waals surface area (Å²) < 4.78 is 1.51. The van der Waals surface area contributed by atoms with Gasteiger partial charge >= 0.3 is 6.03 Å². The lowest BCUT2D eigenvalue weighted by molar-refractivity contribution is -0.118. The third kappa shape index (κ3) is 6.20. The fourth-order valence-corrected chi connectivity index (χ4v) is 3.12. The van der Waals surface area contributed by atoms with Crippen LogP contribution in [-0.4, -0.2) is 22.5 Å². The average molecular weight is 439 g/mol. The lowest BCUT2D eigenvalue weighted by atomic mass is 10.1. The van der Waals surface area contributed by atoms with E-state index in [4.69, 9.17) is 11.6 Å². The standard InChI is InChI=1S/C23H23ClN4O3/c1-2-5-20(27-23(31)26-18-9-7-16(24)8-10-18)22(30)25-17-11-13-19(14-12-17)28-15-4-3-6-21(28)29/h3-4,6-15,20H,2,5H2,1H3,(H,25,30)(H2,26,27,31). The number of urea groups is 1. The second-order valence-electron chi connectivity index (χ2n) is 6.89. The van der Waals surface area contributed by atoms with Crippen molar-refractivity contribution in [2.24, 2.45) is 0 Å². The highest BCUT2D eigenvalue weighted by Crippen LogP contribution is 2.15. The lowest BCUT2D eigenvalue weighted by Gasteiger charge is -2.18. The summed E-state index contributed by atoms with van der Waals surface area (Å²) in [6, 6.07) is 17.3. The van der Waals surface area contributed by atoms with Gasteiger partial charge in [0.1, 0.15) is 6.04 Å². The SMILES string of the molecule is CCCC(NC(=O)Nc1ccc(Cl)cc1)C(=O)Nc1ccc(-n2ccccc2=O)cc1. The summed E-state index contributed by atoms with van der Waals surface area (Å²) >= 11 is 5.85. The van der Waals surface area contributed by atoms with E-state index < -0.39 is 12.1 Å². The Morgan fingerprint density at radius 1 is 0.935 bits per heavy atom. The molecule has 0 bridgehead atoms. The number of rotatable bonds is 7. The molecular formula is C23H23ClN4O3. The molecule has 3 rings (SSSR count). The number of hydrogen-bond acceptors (Lipinski definition) is 3. The van der Waals surface area contributed by atoms with Crippen molar-refractivity contribution in [2.45, 2.75) is 25.8 Å². The van der Waals surface area contributed by atoms with Crippen LogP contribution in [0.5, 0.6) is 0 Å². The molecule has 1 heterocycles. The van der Waals surface area contributed by atoms with Gasteiger partial charge in [-0.05, 0) is 61.0 Å². The number of halogens is 1. The van der Waals surface area contributed by atoms with Gasteiger partial charge < -0.3 is 16.0 Å². The summed E-state index contributed by atoms with van der Waals surface area (Å²) in [6.45, 7) is 1.94. The number of carbonyl (C=O) groups excluding carboxylic acids is 2. The highest BCUT2D eigenvalue weighted by molar-refractivity contribution is 6.30. The minimum atomic E-state index is -0.700. The largest absolute Gasteiger partial charge is 0.326 e. The van der Waals surface area contributed by atoms with Crippen LogP contribution in [0.2, 0.25) is 5.02 Å². The van der Waals surface area contributed by atoms with E-state index in [0.717, 1.165) is 6.42 Å². The van der Waals surface area contributed by atoms with E-state index in [0.29, 0.717) is 28.5 Å². The van der Waals surface area contributed by atoms with Crippen molar-refractivity contribution in [1.29, 1.82) is 0 Å². The van der Waals surface area contributed by atoms with Crippen molar-refractivity contribution in [1.82, 2.24) is 9.88 Å². The molecule has 0 spiro atoms. The van der Waals surface area contributed by atoms with Crippen LogP contribution in [0.3, 0.4) is 0 Å². The molecule has 3 amide bonds. The topological polar surface area (TPSA) is 92.2 Å². The molecule has 7 nitrogen and oxygen atoms in total. The Bertz CT molecular complexity index is 1090. The van der Waals surface area contributed by atoms with E-state index in [2.05, 4.69) is 16.0 Å². The Morgan fingerprint density at radius 3 is 2.23 bits per heavy atom. The van der Waals surface area contributed by atoms with E-state index in [1.807, 2.05) is 6.92 Å². The molecule has 1 aromatic heterocycles. The van der Waals surface area contributed by atoms with E-state index >= 15 is 0 Å². The zero-order valence-electron chi connectivity index (χ0n) is 17.0. The molecule has 0 saturated heterocycles. The number of carbonyl (C=O) groups is 2. The number of nitrogens with one attached hydrogen (secondary N) is 3. The number of amides is 3. The molecule has 8 heteroatoms. The first-order chi connectivity index (χ1) is 15.0. The summed E-state index contributed by atoms with van der Waals surface area (Å²) in [5, 5.41) is 8.77. The van der Waals surface area contributed by atoms with Crippen LogP contribution in [0.15, 0.2) is 77.7 Å².